The molecule has 0 atom stereocenters. The maximum atomic E-state index is 2.44. The van der Waals surface area contributed by atoms with Gasteiger partial charge in [-0.3, -0.25) is 0 Å². The van der Waals surface area contributed by atoms with E-state index in [1.165, 1.54) is 152 Å². The summed E-state index contributed by atoms with van der Waals surface area (Å²) in [4.78, 5) is 0. The van der Waals surface area contributed by atoms with Crippen LogP contribution in [-0.4, -0.2) is 0 Å². The second-order valence-corrected chi connectivity index (χ2v) is 19.0. The van der Waals surface area contributed by atoms with E-state index >= 15 is 0 Å². The lowest BCUT2D eigenvalue weighted by Crippen LogP contribution is -1.93. The highest BCUT2D eigenvalue weighted by Crippen LogP contribution is 2.50. The van der Waals surface area contributed by atoms with Gasteiger partial charge in [-0.2, -0.15) is 0 Å². The van der Waals surface area contributed by atoms with Crippen LogP contribution in [0.1, 0.15) is 0 Å². The van der Waals surface area contributed by atoms with Gasteiger partial charge in [0.1, 0.15) is 0 Å². The monoisotopic (exact) mass is 882 g/mol. The van der Waals surface area contributed by atoms with Gasteiger partial charge in [-0.05, 0) is 189 Å². The van der Waals surface area contributed by atoms with Gasteiger partial charge in [0.2, 0.25) is 0 Å². The van der Waals surface area contributed by atoms with Crippen molar-refractivity contribution in [2.75, 3.05) is 0 Å². The van der Waals surface area contributed by atoms with Crippen LogP contribution in [-0.2, 0) is 0 Å². The molecule has 0 spiro atoms. The summed E-state index contributed by atoms with van der Waals surface area (Å²) >= 11 is 0. The van der Waals surface area contributed by atoms with Gasteiger partial charge in [0.05, 0.1) is 0 Å². The molecule has 0 nitrogen and oxygen atoms in total. The number of hydrogen-bond acceptors (Lipinski definition) is 0. The molecule has 0 heterocycles. The highest BCUT2D eigenvalue weighted by Gasteiger charge is 2.22. The molecule has 0 N–H and O–H groups in total. The van der Waals surface area contributed by atoms with Gasteiger partial charge in [0.15, 0.2) is 0 Å². The molecule has 0 saturated carbocycles. The minimum absolute atomic E-state index is 1.21. The van der Waals surface area contributed by atoms with Crippen molar-refractivity contribution < 1.29 is 0 Å². The van der Waals surface area contributed by atoms with Crippen molar-refractivity contribution in [1.82, 2.24) is 0 Å². The molecular weight excluding hydrogens is 841 g/mol. The zero-order valence-electron chi connectivity index (χ0n) is 38.2. The lowest BCUT2D eigenvalue weighted by atomic mass is 9.82. The molecule has 0 saturated heterocycles. The van der Waals surface area contributed by atoms with Crippen LogP contribution < -0.4 is 0 Å². The minimum Gasteiger partial charge on any atom is -0.0616 e. The predicted molar refractivity (Wildman–Crippen MR) is 303 cm³/mol. The molecule has 0 radical (unpaired) electrons. The van der Waals surface area contributed by atoms with E-state index in [9.17, 15) is 0 Å². The van der Waals surface area contributed by atoms with Crippen LogP contribution in [0.15, 0.2) is 255 Å². The molecule has 0 aromatic heterocycles. The highest BCUT2D eigenvalue weighted by atomic mass is 14.2. The molecule has 70 heavy (non-hydrogen) atoms. The molecule has 0 unspecified atom stereocenters. The summed E-state index contributed by atoms with van der Waals surface area (Å²) in [6.45, 7) is 0. The molecule has 0 aliphatic carbocycles. The van der Waals surface area contributed by atoms with Gasteiger partial charge >= 0.3 is 0 Å². The summed E-state index contributed by atoms with van der Waals surface area (Å²) in [6, 6.07) is 95.4. The summed E-state index contributed by atoms with van der Waals surface area (Å²) in [7, 11) is 0. The van der Waals surface area contributed by atoms with Crippen molar-refractivity contribution in [2.45, 2.75) is 0 Å². The molecule has 0 bridgehead atoms. The second-order valence-electron chi connectivity index (χ2n) is 19.0. The topological polar surface area (TPSA) is 0 Å². The standard InChI is InChI=1S/C70H42/c1-3-19-47-39-63-49(37-45(47)17-1)41-65(53-23-7-5-21-51(53)63)69-59-29-13-9-25-55(59)67(56-26-10-14-30-60(56)69)43-33-35-44(36-34-43)68-57-27-11-15-31-61(57)70(62-32-16-12-28-58(62)68)66-42-50-38-46-18-2-4-20-48(46)40-64(50)52-22-6-8-24-54(52)66/h1-42H. The fourth-order valence-electron chi connectivity index (χ4n) is 12.3. The maximum Gasteiger partial charge on any atom is -0.00199 e. The molecule has 0 aliphatic heterocycles. The van der Waals surface area contributed by atoms with Crippen molar-refractivity contribution in [1.29, 1.82) is 0 Å². The molecule has 0 amide bonds. The number of benzene rings is 15. The Bertz CT molecular complexity index is 4270. The van der Waals surface area contributed by atoms with Gasteiger partial charge in [-0.15, -0.1) is 0 Å². The normalized spacial score (nSPS) is 12.0. The third kappa shape index (κ3) is 5.78. The van der Waals surface area contributed by atoms with E-state index in [0.717, 1.165) is 0 Å². The highest BCUT2D eigenvalue weighted by molar-refractivity contribution is 6.28. The van der Waals surface area contributed by atoms with Crippen LogP contribution >= 0.6 is 0 Å². The zero-order valence-corrected chi connectivity index (χ0v) is 38.2. The van der Waals surface area contributed by atoms with Crippen LogP contribution in [0.2, 0.25) is 0 Å². The summed E-state index contributed by atoms with van der Waals surface area (Å²) in [5, 5.41) is 25.3. The molecular formula is C70H42. The predicted octanol–water partition coefficient (Wildman–Crippen LogP) is 19.9. The first kappa shape index (κ1) is 38.9. The van der Waals surface area contributed by atoms with E-state index < -0.39 is 0 Å². The summed E-state index contributed by atoms with van der Waals surface area (Å²) < 4.78 is 0. The zero-order chi connectivity index (χ0) is 45.9. The Labute approximate surface area is 404 Å². The maximum absolute atomic E-state index is 2.44. The molecule has 0 heteroatoms. The summed E-state index contributed by atoms with van der Waals surface area (Å²) in [5.74, 6) is 0. The largest absolute Gasteiger partial charge is 0.0616 e. The first-order chi connectivity index (χ1) is 34.7. The molecule has 322 valence electrons. The molecule has 15 rings (SSSR count). The number of rotatable bonds is 4. The first-order valence-electron chi connectivity index (χ1n) is 24.4. The Balaban J connectivity index is 0.934. The van der Waals surface area contributed by atoms with E-state index in [0.29, 0.717) is 0 Å². The van der Waals surface area contributed by atoms with Crippen LogP contribution in [0.3, 0.4) is 0 Å². The minimum atomic E-state index is 1.21. The van der Waals surface area contributed by atoms with Gasteiger partial charge in [-0.1, -0.05) is 218 Å². The molecule has 0 fully saturated rings. The third-order valence-corrected chi connectivity index (χ3v) is 15.3. The van der Waals surface area contributed by atoms with Gasteiger partial charge in [0.25, 0.3) is 0 Å². The van der Waals surface area contributed by atoms with E-state index in [-0.39, 0.29) is 0 Å². The van der Waals surface area contributed by atoms with E-state index in [1.54, 1.807) is 0 Å². The summed E-state index contributed by atoms with van der Waals surface area (Å²) in [6.07, 6.45) is 0. The van der Waals surface area contributed by atoms with Crippen molar-refractivity contribution >= 4 is 108 Å². The quantitative estimate of drug-likeness (QED) is 0.122. The van der Waals surface area contributed by atoms with Crippen LogP contribution in [0.5, 0.6) is 0 Å². The van der Waals surface area contributed by atoms with Gasteiger partial charge in [0, 0.05) is 0 Å². The average molecular weight is 883 g/mol. The molecule has 15 aromatic rings. The molecule has 15 aromatic carbocycles. The second kappa shape index (κ2) is 15.2. The van der Waals surface area contributed by atoms with E-state index in [2.05, 4.69) is 255 Å². The lowest BCUT2D eigenvalue weighted by molar-refractivity contribution is 1.65. The van der Waals surface area contributed by atoms with Crippen LogP contribution in [0.25, 0.3) is 152 Å². The average Bonchev–Trinajstić information content (AvgIpc) is 3.42. The Hall–Kier alpha value is -9.10. The van der Waals surface area contributed by atoms with Crippen LogP contribution in [0.4, 0.5) is 0 Å². The van der Waals surface area contributed by atoms with E-state index in [4.69, 9.17) is 0 Å². The van der Waals surface area contributed by atoms with E-state index in [1.807, 2.05) is 0 Å². The van der Waals surface area contributed by atoms with Crippen molar-refractivity contribution in [3.8, 4) is 44.5 Å². The van der Waals surface area contributed by atoms with Crippen molar-refractivity contribution in [3.05, 3.63) is 255 Å². The number of fused-ring (bicyclic) bond motifs is 12. The third-order valence-electron chi connectivity index (χ3n) is 15.3. The Morgan fingerprint density at radius 3 is 0.700 bits per heavy atom. The fourth-order valence-corrected chi connectivity index (χ4v) is 12.3. The van der Waals surface area contributed by atoms with Crippen molar-refractivity contribution in [2.24, 2.45) is 0 Å². The SMILES string of the molecule is c1ccc2cc3c(cc(-c4c5ccccc5c(-c5ccc(-c6c7ccccc7c(-c7cc8cc9ccccc9cc8c8ccccc78)c7ccccc67)cc5)c5ccccc45)c4ccccc43)cc2c1. The molecule has 0 aliphatic rings. The first-order valence-corrected chi connectivity index (χ1v) is 24.4. The Morgan fingerprint density at radius 2 is 0.386 bits per heavy atom. The fraction of sp³-hybridized carbons (Fsp3) is 0. The Morgan fingerprint density at radius 1 is 0.143 bits per heavy atom. The Kier molecular flexibility index (Phi) is 8.46. The number of hydrogen-bond donors (Lipinski definition) is 0. The smallest absolute Gasteiger partial charge is 0.00199 e. The van der Waals surface area contributed by atoms with Crippen LogP contribution in [0, 0.1) is 0 Å². The summed E-state index contributed by atoms with van der Waals surface area (Å²) in [5.41, 5.74) is 10.0. The lowest BCUT2D eigenvalue weighted by Gasteiger charge is -2.21. The van der Waals surface area contributed by atoms with Gasteiger partial charge < -0.3 is 0 Å². The van der Waals surface area contributed by atoms with Gasteiger partial charge in [-0.25, -0.2) is 0 Å². The van der Waals surface area contributed by atoms with Crippen molar-refractivity contribution in [3.63, 3.8) is 0 Å².